The molecule has 0 amide bonds. The molecule has 2 nitrogen and oxygen atoms in total. The van der Waals surface area contributed by atoms with Gasteiger partial charge in [0.15, 0.2) is 0 Å². The van der Waals surface area contributed by atoms with Gasteiger partial charge in [-0.25, -0.2) is 0 Å². The number of hydrogen-bond donors (Lipinski definition) is 1. The van der Waals surface area contributed by atoms with Crippen LogP contribution in [0.2, 0.25) is 0 Å². The summed E-state index contributed by atoms with van der Waals surface area (Å²) < 4.78 is 0. The summed E-state index contributed by atoms with van der Waals surface area (Å²) in [6.07, 6.45) is 12.7. The summed E-state index contributed by atoms with van der Waals surface area (Å²) in [4.78, 5) is 2.86. The summed E-state index contributed by atoms with van der Waals surface area (Å²) >= 11 is 0. The molecule has 1 saturated heterocycles. The zero-order valence-corrected chi connectivity index (χ0v) is 13.4. The number of nitrogens with zero attached hydrogens (tertiary/aromatic N) is 1. The molecular weight excluding hydrogens is 232 g/mol. The van der Waals surface area contributed by atoms with E-state index in [1.165, 1.54) is 77.4 Å². The molecule has 2 heteroatoms. The molecule has 1 aliphatic heterocycles. The molecule has 0 radical (unpaired) electrons. The number of nitrogens with one attached hydrogen (secondary N) is 1. The molecule has 1 heterocycles. The van der Waals surface area contributed by atoms with E-state index >= 15 is 0 Å². The normalized spacial score (nSPS) is 26.7. The minimum absolute atomic E-state index is 0.299. The Labute approximate surface area is 120 Å². The van der Waals surface area contributed by atoms with E-state index in [2.05, 4.69) is 31.0 Å². The fraction of sp³-hybridized carbons (Fsp3) is 1.00. The summed E-state index contributed by atoms with van der Waals surface area (Å²) in [6.45, 7) is 10.8. The first-order valence-corrected chi connectivity index (χ1v) is 8.58. The molecule has 112 valence electrons. The van der Waals surface area contributed by atoms with Crippen LogP contribution in [0.25, 0.3) is 0 Å². The zero-order valence-electron chi connectivity index (χ0n) is 13.4. The largest absolute Gasteiger partial charge is 0.309 e. The van der Waals surface area contributed by atoms with E-state index < -0.39 is 0 Å². The average Bonchev–Trinajstić information content (AvgIpc) is 2.40. The zero-order chi connectivity index (χ0) is 13.8. The van der Waals surface area contributed by atoms with Crippen LogP contribution in [0.3, 0.4) is 0 Å². The van der Waals surface area contributed by atoms with Crippen molar-refractivity contribution in [1.82, 2.24) is 10.2 Å². The van der Waals surface area contributed by atoms with Crippen LogP contribution in [0, 0.1) is 0 Å². The van der Waals surface area contributed by atoms with Crippen molar-refractivity contribution in [1.29, 1.82) is 0 Å². The molecule has 1 spiro atoms. The van der Waals surface area contributed by atoms with Gasteiger partial charge in [-0.3, -0.25) is 4.90 Å². The first-order valence-electron chi connectivity index (χ1n) is 8.58. The smallest absolute Gasteiger partial charge is 0.0334 e. The first-order chi connectivity index (χ1) is 9.08. The third kappa shape index (κ3) is 3.95. The minimum atomic E-state index is 0.299. The third-order valence-electron chi connectivity index (χ3n) is 5.22. The Morgan fingerprint density at radius 3 is 2.42 bits per heavy atom. The van der Waals surface area contributed by atoms with Crippen LogP contribution in [0.5, 0.6) is 0 Å². The standard InChI is InChI=1S/C17H34N2/c1-4-5-6-10-13-19-15-16(2,3)18-14-17(19)11-8-7-9-12-17/h18H,4-15H2,1-3H3. The van der Waals surface area contributed by atoms with E-state index in [0.717, 1.165) is 0 Å². The summed E-state index contributed by atoms with van der Waals surface area (Å²) in [5.74, 6) is 0. The lowest BCUT2D eigenvalue weighted by atomic mass is 9.77. The molecule has 1 saturated carbocycles. The van der Waals surface area contributed by atoms with Gasteiger partial charge in [0.1, 0.15) is 0 Å². The van der Waals surface area contributed by atoms with E-state index in [1.54, 1.807) is 0 Å². The Morgan fingerprint density at radius 1 is 1.00 bits per heavy atom. The average molecular weight is 266 g/mol. The van der Waals surface area contributed by atoms with Crippen molar-refractivity contribution in [3.63, 3.8) is 0 Å². The van der Waals surface area contributed by atoms with Crippen LogP contribution in [0.4, 0.5) is 0 Å². The van der Waals surface area contributed by atoms with Crippen LogP contribution in [0.1, 0.15) is 78.6 Å². The number of unbranched alkanes of at least 4 members (excludes halogenated alkanes) is 3. The van der Waals surface area contributed by atoms with Crippen LogP contribution < -0.4 is 5.32 Å². The molecule has 19 heavy (non-hydrogen) atoms. The molecule has 0 bridgehead atoms. The van der Waals surface area contributed by atoms with Crippen molar-refractivity contribution >= 4 is 0 Å². The van der Waals surface area contributed by atoms with Crippen molar-refractivity contribution in [2.45, 2.75) is 89.6 Å². The van der Waals surface area contributed by atoms with Gasteiger partial charge < -0.3 is 5.32 Å². The fourth-order valence-electron chi connectivity index (χ4n) is 3.96. The maximum absolute atomic E-state index is 3.81. The second-order valence-corrected chi connectivity index (χ2v) is 7.50. The van der Waals surface area contributed by atoms with Gasteiger partial charge in [-0.1, -0.05) is 45.4 Å². The van der Waals surface area contributed by atoms with E-state index in [9.17, 15) is 0 Å². The number of hydrogen-bond acceptors (Lipinski definition) is 2. The van der Waals surface area contributed by atoms with Crippen LogP contribution in [-0.2, 0) is 0 Å². The predicted octanol–water partition coefficient (Wildman–Crippen LogP) is 3.95. The molecule has 2 fully saturated rings. The van der Waals surface area contributed by atoms with Gasteiger partial charge in [0, 0.05) is 24.2 Å². The van der Waals surface area contributed by atoms with E-state index in [-0.39, 0.29) is 0 Å². The highest BCUT2D eigenvalue weighted by molar-refractivity contribution is 5.03. The van der Waals surface area contributed by atoms with E-state index in [4.69, 9.17) is 0 Å². The Hall–Kier alpha value is -0.0800. The molecular formula is C17H34N2. The Bertz CT molecular complexity index is 266. The quantitative estimate of drug-likeness (QED) is 0.758. The Balaban J connectivity index is 1.95. The summed E-state index contributed by atoms with van der Waals surface area (Å²) in [5.41, 5.74) is 0.799. The SMILES string of the molecule is CCCCCCN1CC(C)(C)NCC12CCCCC2. The molecule has 2 aliphatic rings. The lowest BCUT2D eigenvalue weighted by molar-refractivity contribution is -0.0108. The second kappa shape index (κ2) is 6.58. The molecule has 0 unspecified atom stereocenters. The van der Waals surface area contributed by atoms with Gasteiger partial charge in [0.05, 0.1) is 0 Å². The van der Waals surface area contributed by atoms with Gasteiger partial charge in [-0.15, -0.1) is 0 Å². The maximum Gasteiger partial charge on any atom is 0.0334 e. The Kier molecular flexibility index (Phi) is 5.30. The lowest BCUT2D eigenvalue weighted by Crippen LogP contribution is -2.68. The lowest BCUT2D eigenvalue weighted by Gasteiger charge is -2.54. The summed E-state index contributed by atoms with van der Waals surface area (Å²) in [5, 5.41) is 3.81. The highest BCUT2D eigenvalue weighted by Gasteiger charge is 2.43. The molecule has 0 aromatic heterocycles. The van der Waals surface area contributed by atoms with Crippen molar-refractivity contribution in [2.24, 2.45) is 0 Å². The highest BCUT2D eigenvalue weighted by atomic mass is 15.3. The van der Waals surface area contributed by atoms with Crippen molar-refractivity contribution in [2.75, 3.05) is 19.6 Å². The minimum Gasteiger partial charge on any atom is -0.309 e. The number of piperazine rings is 1. The monoisotopic (exact) mass is 266 g/mol. The van der Waals surface area contributed by atoms with Crippen LogP contribution in [0.15, 0.2) is 0 Å². The fourth-order valence-corrected chi connectivity index (χ4v) is 3.96. The van der Waals surface area contributed by atoms with Crippen LogP contribution >= 0.6 is 0 Å². The maximum atomic E-state index is 3.81. The first kappa shape index (κ1) is 15.3. The van der Waals surface area contributed by atoms with Gasteiger partial charge in [0.2, 0.25) is 0 Å². The molecule has 0 aromatic carbocycles. The molecule has 1 aliphatic carbocycles. The van der Waals surface area contributed by atoms with Gasteiger partial charge in [0.25, 0.3) is 0 Å². The van der Waals surface area contributed by atoms with E-state index in [1.807, 2.05) is 0 Å². The molecule has 2 rings (SSSR count). The molecule has 0 atom stereocenters. The predicted molar refractivity (Wildman–Crippen MR) is 83.6 cm³/mol. The van der Waals surface area contributed by atoms with Crippen molar-refractivity contribution in [3.05, 3.63) is 0 Å². The Morgan fingerprint density at radius 2 is 1.74 bits per heavy atom. The van der Waals surface area contributed by atoms with Crippen molar-refractivity contribution in [3.8, 4) is 0 Å². The van der Waals surface area contributed by atoms with Crippen LogP contribution in [-0.4, -0.2) is 35.6 Å². The van der Waals surface area contributed by atoms with Gasteiger partial charge >= 0.3 is 0 Å². The highest BCUT2D eigenvalue weighted by Crippen LogP contribution is 2.37. The van der Waals surface area contributed by atoms with Gasteiger partial charge in [-0.05, 0) is 39.7 Å². The third-order valence-corrected chi connectivity index (χ3v) is 5.22. The van der Waals surface area contributed by atoms with Gasteiger partial charge in [-0.2, -0.15) is 0 Å². The summed E-state index contributed by atoms with van der Waals surface area (Å²) in [7, 11) is 0. The molecule has 1 N–H and O–H groups in total. The topological polar surface area (TPSA) is 15.3 Å². The number of rotatable bonds is 5. The second-order valence-electron chi connectivity index (χ2n) is 7.50. The molecule has 0 aromatic rings. The van der Waals surface area contributed by atoms with E-state index in [0.29, 0.717) is 11.1 Å². The van der Waals surface area contributed by atoms with Crippen molar-refractivity contribution < 1.29 is 0 Å². The summed E-state index contributed by atoms with van der Waals surface area (Å²) in [6, 6.07) is 0.